The Kier molecular flexibility index (Phi) is 5.45. The molecule has 0 N–H and O–H groups in total. The van der Waals surface area contributed by atoms with Crippen molar-refractivity contribution in [1.82, 2.24) is 14.8 Å². The van der Waals surface area contributed by atoms with E-state index in [4.69, 9.17) is 27.9 Å². The van der Waals surface area contributed by atoms with Crippen LogP contribution in [0.15, 0.2) is 71.9 Å². The Labute approximate surface area is 198 Å². The normalized spacial score (nSPS) is 19.8. The van der Waals surface area contributed by atoms with E-state index in [2.05, 4.69) is 22.7 Å². The van der Waals surface area contributed by atoms with Gasteiger partial charge in [-0.1, -0.05) is 59.6 Å². The van der Waals surface area contributed by atoms with Gasteiger partial charge >= 0.3 is 0 Å². The minimum absolute atomic E-state index is 0.0850. The minimum atomic E-state index is -1.16. The van der Waals surface area contributed by atoms with Gasteiger partial charge in [-0.15, -0.1) is 17.7 Å². The number of ether oxygens (including phenoxy) is 1. The largest absolute Gasteiger partial charge is 0.354 e. The molecule has 1 aromatic heterocycles. The number of benzene rings is 3. The molecule has 0 radical (unpaired) electrons. The van der Waals surface area contributed by atoms with Crippen molar-refractivity contribution in [2.45, 2.75) is 23.4 Å². The van der Waals surface area contributed by atoms with Crippen molar-refractivity contribution in [1.29, 1.82) is 0 Å². The van der Waals surface area contributed by atoms with E-state index in [9.17, 15) is 8.78 Å². The molecule has 0 amide bonds. The van der Waals surface area contributed by atoms with Crippen LogP contribution in [-0.4, -0.2) is 14.8 Å². The van der Waals surface area contributed by atoms with Gasteiger partial charge in [-0.2, -0.15) is 0 Å². The summed E-state index contributed by atoms with van der Waals surface area (Å²) in [6, 6.07) is 17.8. The maximum absolute atomic E-state index is 14.9. The van der Waals surface area contributed by atoms with Crippen LogP contribution in [0.25, 0.3) is 11.4 Å². The monoisotopic (exact) mass is 489 g/mol. The standard InChI is InChI=1S/C23H15Cl2F2N3OS/c24-17-7-3-1-5-14(17)20-23(31-20,16-10-9-13(26)11-19(16)27)12-30-22(32)28-21(29-30)15-6-2-4-8-18(15)25/h1-11,20H,12H2,(H,28,29,32)/t20-,23+/m0/s1. The van der Waals surface area contributed by atoms with E-state index in [0.29, 0.717) is 32.2 Å². The van der Waals surface area contributed by atoms with Crippen LogP contribution in [0.2, 0.25) is 10.0 Å². The van der Waals surface area contributed by atoms with Crippen molar-refractivity contribution in [3.63, 3.8) is 0 Å². The fourth-order valence-corrected chi connectivity index (χ4v) is 4.51. The third kappa shape index (κ3) is 3.69. The summed E-state index contributed by atoms with van der Waals surface area (Å²) in [6.07, 6.45) is -0.558. The highest BCUT2D eigenvalue weighted by atomic mass is 35.5. The topological polar surface area (TPSA) is 43.2 Å². The average molecular weight is 490 g/mol. The second-order valence-electron chi connectivity index (χ2n) is 7.41. The molecule has 1 fully saturated rings. The highest BCUT2D eigenvalue weighted by Crippen LogP contribution is 2.59. The maximum atomic E-state index is 14.9. The van der Waals surface area contributed by atoms with E-state index in [0.717, 1.165) is 6.07 Å². The number of rotatable bonds is 5. The van der Waals surface area contributed by atoms with E-state index in [-0.39, 0.29) is 12.1 Å². The molecular weight excluding hydrogens is 475 g/mol. The van der Waals surface area contributed by atoms with Gasteiger partial charge in [-0.3, -0.25) is 0 Å². The van der Waals surface area contributed by atoms with Crippen LogP contribution in [0, 0.1) is 11.6 Å². The second-order valence-corrected chi connectivity index (χ2v) is 8.62. The lowest BCUT2D eigenvalue weighted by atomic mass is 9.91. The van der Waals surface area contributed by atoms with Gasteiger partial charge in [0, 0.05) is 27.8 Å². The maximum Gasteiger partial charge on any atom is 0.183 e. The lowest BCUT2D eigenvalue weighted by molar-refractivity contribution is 0.251. The van der Waals surface area contributed by atoms with Crippen molar-refractivity contribution in [3.8, 4) is 11.4 Å². The van der Waals surface area contributed by atoms with Crippen LogP contribution in [0.1, 0.15) is 17.2 Å². The molecule has 4 aromatic rings. The van der Waals surface area contributed by atoms with Crippen LogP contribution in [0.4, 0.5) is 8.78 Å². The summed E-state index contributed by atoms with van der Waals surface area (Å²) >= 11 is 17.1. The first kappa shape index (κ1) is 21.4. The fourth-order valence-electron chi connectivity index (χ4n) is 3.84. The van der Waals surface area contributed by atoms with Crippen LogP contribution in [-0.2, 0) is 16.9 Å². The average Bonchev–Trinajstić information content (AvgIpc) is 3.36. The molecule has 9 heteroatoms. The summed E-state index contributed by atoms with van der Waals surface area (Å²) in [4.78, 5) is 4.40. The lowest BCUT2D eigenvalue weighted by Crippen LogP contribution is -2.22. The molecule has 0 saturated carbocycles. The van der Waals surface area contributed by atoms with Gasteiger partial charge in [-0.05, 0) is 24.3 Å². The van der Waals surface area contributed by atoms with Gasteiger partial charge in [0.15, 0.2) is 11.0 Å². The highest BCUT2D eigenvalue weighted by Gasteiger charge is 2.61. The summed E-state index contributed by atoms with van der Waals surface area (Å²) in [7, 11) is 0. The van der Waals surface area contributed by atoms with Crippen LogP contribution in [0.3, 0.4) is 0 Å². The molecule has 3 aromatic carbocycles. The van der Waals surface area contributed by atoms with E-state index in [1.54, 1.807) is 24.3 Å². The zero-order chi connectivity index (χ0) is 22.5. The SMILES string of the molecule is Fc1ccc([C@@]2(Cn3nc(-c4ccccc4Cl)nc3S)O[C@H]2c2ccccc2Cl)c(F)c1. The Balaban J connectivity index is 1.58. The molecule has 1 saturated heterocycles. The minimum Gasteiger partial charge on any atom is -0.354 e. The zero-order valence-electron chi connectivity index (χ0n) is 16.3. The lowest BCUT2D eigenvalue weighted by Gasteiger charge is -2.16. The van der Waals surface area contributed by atoms with Crippen molar-refractivity contribution < 1.29 is 13.5 Å². The Hall–Kier alpha value is -2.45. The van der Waals surface area contributed by atoms with E-state index < -0.39 is 23.3 Å². The van der Waals surface area contributed by atoms with Gasteiger partial charge < -0.3 is 4.74 Å². The van der Waals surface area contributed by atoms with Gasteiger partial charge in [0.2, 0.25) is 0 Å². The molecule has 162 valence electrons. The van der Waals surface area contributed by atoms with Crippen LogP contribution in [0.5, 0.6) is 0 Å². The van der Waals surface area contributed by atoms with E-state index in [1.807, 2.05) is 24.3 Å². The Morgan fingerprint density at radius 1 is 1.00 bits per heavy atom. The molecule has 0 spiro atoms. The predicted octanol–water partition coefficient (Wildman–Crippen LogP) is 6.49. The molecule has 1 aliphatic rings. The third-order valence-electron chi connectivity index (χ3n) is 5.42. The number of epoxide rings is 1. The second kappa shape index (κ2) is 8.15. The molecule has 2 heterocycles. The van der Waals surface area contributed by atoms with Crippen molar-refractivity contribution in [2.24, 2.45) is 0 Å². The summed E-state index contributed by atoms with van der Waals surface area (Å²) in [5.41, 5.74) is 0.382. The number of hydrogen-bond acceptors (Lipinski definition) is 4. The molecule has 5 rings (SSSR count). The van der Waals surface area contributed by atoms with E-state index >= 15 is 0 Å². The first-order chi connectivity index (χ1) is 15.4. The van der Waals surface area contributed by atoms with Crippen molar-refractivity contribution in [3.05, 3.63) is 99.5 Å². The smallest absolute Gasteiger partial charge is 0.183 e. The number of thiol groups is 1. The van der Waals surface area contributed by atoms with Gasteiger partial charge in [-0.25, -0.2) is 18.4 Å². The number of hydrogen-bond donors (Lipinski definition) is 1. The van der Waals surface area contributed by atoms with Crippen molar-refractivity contribution in [2.75, 3.05) is 0 Å². The van der Waals surface area contributed by atoms with Gasteiger partial charge in [0.25, 0.3) is 0 Å². The molecule has 1 aliphatic heterocycles. The summed E-state index contributed by atoms with van der Waals surface area (Å²) in [6.45, 7) is 0.0850. The zero-order valence-corrected chi connectivity index (χ0v) is 18.8. The van der Waals surface area contributed by atoms with Crippen LogP contribution >= 0.6 is 35.8 Å². The predicted molar refractivity (Wildman–Crippen MR) is 121 cm³/mol. The molecular formula is C23H15Cl2F2N3OS. The van der Waals surface area contributed by atoms with Crippen molar-refractivity contribution >= 4 is 35.8 Å². The first-order valence-corrected chi connectivity index (χ1v) is 10.9. The van der Waals surface area contributed by atoms with Gasteiger partial charge in [0.05, 0.1) is 11.6 Å². The van der Waals surface area contributed by atoms with E-state index in [1.165, 1.54) is 16.8 Å². The molecule has 4 nitrogen and oxygen atoms in total. The highest BCUT2D eigenvalue weighted by molar-refractivity contribution is 7.80. The molecule has 32 heavy (non-hydrogen) atoms. The summed E-state index contributed by atoms with van der Waals surface area (Å²) in [5.74, 6) is -1.01. The fraction of sp³-hybridized carbons (Fsp3) is 0.130. The molecule has 0 bridgehead atoms. The molecule has 2 atom stereocenters. The quantitative estimate of drug-likeness (QED) is 0.257. The number of aromatic nitrogens is 3. The summed E-state index contributed by atoms with van der Waals surface area (Å²) < 4.78 is 36.1. The molecule has 0 aliphatic carbocycles. The first-order valence-electron chi connectivity index (χ1n) is 9.65. The molecule has 0 unspecified atom stereocenters. The Bertz CT molecular complexity index is 1330. The van der Waals surface area contributed by atoms with Gasteiger partial charge in [0.1, 0.15) is 23.3 Å². The number of halogens is 4. The Morgan fingerprint density at radius 3 is 2.44 bits per heavy atom. The number of nitrogens with zero attached hydrogens (tertiary/aromatic N) is 3. The van der Waals surface area contributed by atoms with Crippen LogP contribution < -0.4 is 0 Å². The summed E-state index contributed by atoms with van der Waals surface area (Å²) in [5, 5.41) is 5.81. The Morgan fingerprint density at radius 2 is 1.72 bits per heavy atom. The third-order valence-corrected chi connectivity index (χ3v) is 6.43.